The molecular formula is C13H17N3O2. The molecule has 1 aliphatic heterocycles. The number of benzene rings is 1. The second-order valence-electron chi connectivity index (χ2n) is 4.12. The minimum Gasteiger partial charge on any atom is -0.445 e. The van der Waals surface area contributed by atoms with Crippen LogP contribution in [0.2, 0.25) is 0 Å². The zero-order chi connectivity index (χ0) is 12.8. The van der Waals surface area contributed by atoms with Crippen LogP contribution in [-0.2, 0) is 11.3 Å². The van der Waals surface area contributed by atoms with E-state index in [0.29, 0.717) is 0 Å². The van der Waals surface area contributed by atoms with Gasteiger partial charge < -0.3 is 15.4 Å². The number of nitrogens with zero attached hydrogens (tertiary/aromatic N) is 1. The predicted octanol–water partition coefficient (Wildman–Crippen LogP) is 1.30. The number of carbonyl (C=O) groups is 1. The summed E-state index contributed by atoms with van der Waals surface area (Å²) in [5.41, 5.74) is 0.969. The summed E-state index contributed by atoms with van der Waals surface area (Å²) >= 11 is 0. The largest absolute Gasteiger partial charge is 0.445 e. The summed E-state index contributed by atoms with van der Waals surface area (Å²) in [6, 6.07) is 9.44. The van der Waals surface area contributed by atoms with E-state index in [1.165, 1.54) is 0 Å². The zero-order valence-electron chi connectivity index (χ0n) is 10.3. The Labute approximate surface area is 106 Å². The Morgan fingerprint density at radius 2 is 2.28 bits per heavy atom. The van der Waals surface area contributed by atoms with Crippen molar-refractivity contribution in [3.63, 3.8) is 0 Å². The van der Waals surface area contributed by atoms with Gasteiger partial charge in [-0.15, -0.1) is 0 Å². The molecule has 2 N–H and O–H groups in total. The zero-order valence-corrected chi connectivity index (χ0v) is 10.3. The van der Waals surface area contributed by atoms with Gasteiger partial charge in [-0.2, -0.15) is 0 Å². The van der Waals surface area contributed by atoms with Crippen LogP contribution in [0.5, 0.6) is 0 Å². The summed E-state index contributed by atoms with van der Waals surface area (Å²) in [6.07, 6.45) is -0.428. The second kappa shape index (κ2) is 6.05. The van der Waals surface area contributed by atoms with E-state index in [1.54, 1.807) is 0 Å². The van der Waals surface area contributed by atoms with E-state index in [-0.39, 0.29) is 12.6 Å². The van der Waals surface area contributed by atoms with Gasteiger partial charge in [0.1, 0.15) is 12.4 Å². The van der Waals surface area contributed by atoms with Gasteiger partial charge in [-0.3, -0.25) is 4.99 Å². The highest BCUT2D eigenvalue weighted by molar-refractivity contribution is 5.90. The Morgan fingerprint density at radius 3 is 2.94 bits per heavy atom. The smallest absolute Gasteiger partial charge is 0.408 e. The summed E-state index contributed by atoms with van der Waals surface area (Å²) in [4.78, 5) is 15.8. The van der Waals surface area contributed by atoms with Gasteiger partial charge in [-0.05, 0) is 12.5 Å². The van der Waals surface area contributed by atoms with Crippen molar-refractivity contribution in [2.75, 3.05) is 13.1 Å². The fourth-order valence-electron chi connectivity index (χ4n) is 1.72. The van der Waals surface area contributed by atoms with E-state index in [1.807, 2.05) is 37.3 Å². The number of carbonyl (C=O) groups excluding carboxylic acids is 1. The molecule has 0 aromatic heterocycles. The minimum atomic E-state index is -0.428. The average molecular weight is 247 g/mol. The van der Waals surface area contributed by atoms with Gasteiger partial charge in [-0.25, -0.2) is 4.79 Å². The number of nitrogens with one attached hydrogen (secondary N) is 2. The maximum atomic E-state index is 11.6. The fraction of sp³-hybridized carbons (Fsp3) is 0.385. The summed E-state index contributed by atoms with van der Waals surface area (Å²) in [5.74, 6) is 0.812. The Bertz CT molecular complexity index is 431. The minimum absolute atomic E-state index is 0.143. The van der Waals surface area contributed by atoms with Crippen molar-refractivity contribution >= 4 is 11.9 Å². The van der Waals surface area contributed by atoms with Gasteiger partial charge in [0.2, 0.25) is 0 Å². The molecule has 0 saturated carbocycles. The number of hydrogen-bond acceptors (Lipinski definition) is 4. The first kappa shape index (κ1) is 12.4. The number of hydrogen-bond donors (Lipinski definition) is 2. The lowest BCUT2D eigenvalue weighted by atomic mass is 10.2. The lowest BCUT2D eigenvalue weighted by molar-refractivity contribution is 0.138. The fourth-order valence-corrected chi connectivity index (χ4v) is 1.72. The highest BCUT2D eigenvalue weighted by Gasteiger charge is 2.16. The number of rotatable bonds is 4. The van der Waals surface area contributed by atoms with Gasteiger partial charge in [0.15, 0.2) is 0 Å². The molecule has 5 nitrogen and oxygen atoms in total. The molecule has 0 bridgehead atoms. The van der Waals surface area contributed by atoms with Crippen LogP contribution in [0.15, 0.2) is 35.3 Å². The number of amidine groups is 1. The molecule has 2 rings (SSSR count). The molecule has 0 spiro atoms. The summed E-state index contributed by atoms with van der Waals surface area (Å²) in [6.45, 7) is 3.75. The molecule has 1 aliphatic rings. The first-order valence-electron chi connectivity index (χ1n) is 6.01. The Balaban J connectivity index is 1.75. The van der Waals surface area contributed by atoms with Crippen molar-refractivity contribution in [1.82, 2.24) is 10.6 Å². The molecule has 1 amide bonds. The second-order valence-corrected chi connectivity index (χ2v) is 4.12. The normalized spacial score (nSPS) is 15.5. The third-order valence-corrected chi connectivity index (χ3v) is 2.66. The van der Waals surface area contributed by atoms with E-state index in [9.17, 15) is 4.79 Å². The van der Waals surface area contributed by atoms with Crippen LogP contribution in [0.4, 0.5) is 4.79 Å². The third-order valence-electron chi connectivity index (χ3n) is 2.66. The van der Waals surface area contributed by atoms with Crippen LogP contribution in [0.3, 0.4) is 0 Å². The van der Waals surface area contributed by atoms with Crippen LogP contribution in [0.1, 0.15) is 12.5 Å². The quantitative estimate of drug-likeness (QED) is 0.843. The van der Waals surface area contributed by atoms with E-state index >= 15 is 0 Å². The summed E-state index contributed by atoms with van der Waals surface area (Å²) in [7, 11) is 0. The van der Waals surface area contributed by atoms with Crippen LogP contribution in [0.25, 0.3) is 0 Å². The van der Waals surface area contributed by atoms with Crippen LogP contribution in [0, 0.1) is 0 Å². The van der Waals surface area contributed by atoms with Crippen LogP contribution in [-0.4, -0.2) is 31.1 Å². The lowest BCUT2D eigenvalue weighted by Gasteiger charge is -2.14. The molecule has 0 saturated heterocycles. The molecule has 96 valence electrons. The molecule has 0 fully saturated rings. The Kier molecular flexibility index (Phi) is 4.17. The van der Waals surface area contributed by atoms with E-state index in [4.69, 9.17) is 4.74 Å². The van der Waals surface area contributed by atoms with Crippen molar-refractivity contribution in [2.45, 2.75) is 19.6 Å². The summed E-state index contributed by atoms with van der Waals surface area (Å²) in [5, 5.41) is 5.85. The molecule has 0 aliphatic carbocycles. The van der Waals surface area contributed by atoms with Crippen molar-refractivity contribution in [1.29, 1.82) is 0 Å². The number of aliphatic imine (C=N–C) groups is 1. The first-order valence-corrected chi connectivity index (χ1v) is 6.01. The van der Waals surface area contributed by atoms with Crippen molar-refractivity contribution in [3.8, 4) is 0 Å². The van der Waals surface area contributed by atoms with Gasteiger partial charge in [0, 0.05) is 6.54 Å². The van der Waals surface area contributed by atoms with Gasteiger partial charge >= 0.3 is 6.09 Å². The SMILES string of the molecule is C[C@@H](NC(=O)OCc1ccccc1)C1=NCCN1. The maximum absolute atomic E-state index is 11.6. The number of alkyl carbamates (subject to hydrolysis) is 1. The van der Waals surface area contributed by atoms with Gasteiger partial charge in [0.25, 0.3) is 0 Å². The molecule has 1 heterocycles. The lowest BCUT2D eigenvalue weighted by Crippen LogP contribution is -2.43. The molecule has 0 radical (unpaired) electrons. The number of ether oxygens (including phenoxy) is 1. The Morgan fingerprint density at radius 1 is 1.50 bits per heavy atom. The van der Waals surface area contributed by atoms with Crippen molar-refractivity contribution in [2.24, 2.45) is 4.99 Å². The van der Waals surface area contributed by atoms with E-state index in [0.717, 1.165) is 24.5 Å². The summed E-state index contributed by atoms with van der Waals surface area (Å²) < 4.78 is 5.13. The highest BCUT2D eigenvalue weighted by Crippen LogP contribution is 2.01. The molecule has 1 atom stereocenters. The highest BCUT2D eigenvalue weighted by atomic mass is 16.5. The molecular weight excluding hydrogens is 230 g/mol. The van der Waals surface area contributed by atoms with Crippen LogP contribution >= 0.6 is 0 Å². The molecule has 1 aromatic carbocycles. The van der Waals surface area contributed by atoms with E-state index in [2.05, 4.69) is 15.6 Å². The molecule has 18 heavy (non-hydrogen) atoms. The molecule has 0 unspecified atom stereocenters. The van der Waals surface area contributed by atoms with Crippen LogP contribution < -0.4 is 10.6 Å². The average Bonchev–Trinajstić information content (AvgIpc) is 2.91. The monoisotopic (exact) mass is 247 g/mol. The van der Waals surface area contributed by atoms with Crippen molar-refractivity contribution in [3.05, 3.63) is 35.9 Å². The van der Waals surface area contributed by atoms with Crippen molar-refractivity contribution < 1.29 is 9.53 Å². The maximum Gasteiger partial charge on any atom is 0.408 e. The first-order chi connectivity index (χ1) is 8.75. The number of amides is 1. The van der Waals surface area contributed by atoms with E-state index < -0.39 is 6.09 Å². The third kappa shape index (κ3) is 3.48. The van der Waals surface area contributed by atoms with Gasteiger partial charge in [0.05, 0.1) is 12.6 Å². The predicted molar refractivity (Wildman–Crippen MR) is 69.5 cm³/mol. The van der Waals surface area contributed by atoms with Gasteiger partial charge in [-0.1, -0.05) is 30.3 Å². The standard InChI is InChI=1S/C13H17N3O2/c1-10(12-14-7-8-15-12)16-13(17)18-9-11-5-3-2-4-6-11/h2-6,10H,7-9H2,1H3,(H,14,15)(H,16,17)/t10-/m1/s1. The molecule has 1 aromatic rings. The molecule has 5 heteroatoms. The topological polar surface area (TPSA) is 62.7 Å². The Hall–Kier alpha value is -2.04.